The number of nitrogens with zero attached hydrogens (tertiary/aromatic N) is 3. The number of thiocarbonyl (C=S) groups is 1. The molecule has 1 fully saturated rings. The van der Waals surface area contributed by atoms with Crippen molar-refractivity contribution in [3.05, 3.63) is 95.7 Å². The molecule has 1 N–H and O–H groups in total. The normalized spacial score (nSPS) is 18.9. The number of halogens is 1. The quantitative estimate of drug-likeness (QED) is 0.317. The lowest BCUT2D eigenvalue weighted by Crippen LogP contribution is -2.56. The molecule has 3 heterocycles. The smallest absolute Gasteiger partial charge is 0.295 e. The lowest BCUT2D eigenvalue weighted by atomic mass is 9.82. The van der Waals surface area contributed by atoms with Gasteiger partial charge in [0, 0.05) is 30.1 Å². The molecule has 0 aliphatic carbocycles. The van der Waals surface area contributed by atoms with Crippen LogP contribution in [0.5, 0.6) is 0 Å². The number of carbonyl (C=O) groups is 1. The molecule has 0 radical (unpaired) electrons. The zero-order valence-electron chi connectivity index (χ0n) is 15.1. The van der Waals surface area contributed by atoms with Gasteiger partial charge in [-0.3, -0.25) is 15.6 Å². The van der Waals surface area contributed by atoms with Gasteiger partial charge in [-0.05, 0) is 41.0 Å². The lowest BCUT2D eigenvalue weighted by Gasteiger charge is -2.30. The van der Waals surface area contributed by atoms with Crippen LogP contribution in [0.15, 0.2) is 78.9 Å². The molecule has 7 heteroatoms. The van der Waals surface area contributed by atoms with E-state index in [4.69, 9.17) is 12.2 Å². The summed E-state index contributed by atoms with van der Waals surface area (Å²) in [6.45, 7) is 0. The minimum atomic E-state index is -0.728. The van der Waals surface area contributed by atoms with Crippen LogP contribution in [-0.2, 0) is 4.79 Å². The number of piperidine rings is 1. The molecule has 5 nitrogen and oxygen atoms in total. The van der Waals surface area contributed by atoms with Gasteiger partial charge in [0.05, 0.1) is 5.92 Å². The Balaban J connectivity index is 1.78. The summed E-state index contributed by atoms with van der Waals surface area (Å²) < 4.78 is 15.2. The molecule has 142 valence electrons. The minimum Gasteiger partial charge on any atom is -0.763 e. The third-order valence-electron chi connectivity index (χ3n) is 4.91. The first-order valence-corrected chi connectivity index (χ1v) is 9.28. The van der Waals surface area contributed by atoms with Crippen molar-refractivity contribution in [3.63, 3.8) is 0 Å². The van der Waals surface area contributed by atoms with Crippen LogP contribution in [0.1, 0.15) is 17.5 Å². The van der Waals surface area contributed by atoms with Crippen molar-refractivity contribution >= 4 is 29.0 Å². The van der Waals surface area contributed by atoms with Crippen molar-refractivity contribution in [1.29, 1.82) is 0 Å². The van der Waals surface area contributed by atoms with Crippen LogP contribution in [0.2, 0.25) is 0 Å². The van der Waals surface area contributed by atoms with E-state index in [9.17, 15) is 14.6 Å². The second-order valence-electron chi connectivity index (χ2n) is 6.59. The fourth-order valence-corrected chi connectivity index (χ4v) is 3.78. The van der Waals surface area contributed by atoms with Crippen LogP contribution in [0.3, 0.4) is 0 Å². The van der Waals surface area contributed by atoms with Crippen molar-refractivity contribution in [2.45, 2.75) is 12.0 Å². The number of hydrogen-bond acceptors (Lipinski definition) is 3. The van der Waals surface area contributed by atoms with E-state index in [0.29, 0.717) is 5.56 Å². The van der Waals surface area contributed by atoms with Gasteiger partial charge in [-0.1, -0.05) is 24.4 Å². The molecule has 1 aromatic carbocycles. The highest BCUT2D eigenvalue weighted by molar-refractivity contribution is 7.80. The number of carbonyl (C=O) groups excluding carboxylic acids is 1. The van der Waals surface area contributed by atoms with E-state index in [1.54, 1.807) is 41.5 Å². The third kappa shape index (κ3) is 3.61. The van der Waals surface area contributed by atoms with E-state index < -0.39 is 12.0 Å². The highest BCUT2D eigenvalue weighted by Gasteiger charge is 2.44. The Kier molecular flexibility index (Phi) is 5.08. The van der Waals surface area contributed by atoms with Gasteiger partial charge in [-0.2, -0.15) is 4.57 Å². The number of amides is 1. The fourth-order valence-electron chi connectivity index (χ4n) is 3.51. The molecule has 2 aromatic heterocycles. The summed E-state index contributed by atoms with van der Waals surface area (Å²) in [5, 5.41) is 12.3. The summed E-state index contributed by atoms with van der Waals surface area (Å²) >= 11 is 5.21. The summed E-state index contributed by atoms with van der Waals surface area (Å²) in [7, 11) is 0. The first kappa shape index (κ1) is 18.8. The highest BCUT2D eigenvalue weighted by atomic mass is 32.1. The zero-order chi connectivity index (χ0) is 20.4. The summed E-state index contributed by atoms with van der Waals surface area (Å²) in [5.41, 5.74) is 2.90. The topological polar surface area (TPSA) is 68.2 Å². The maximum atomic E-state index is 13.4. The van der Waals surface area contributed by atoms with Crippen LogP contribution < -0.4 is 9.88 Å². The van der Waals surface area contributed by atoms with E-state index in [-0.39, 0.29) is 22.3 Å². The monoisotopic (exact) mass is 402 g/mol. The zero-order valence-corrected chi connectivity index (χ0v) is 15.9. The summed E-state index contributed by atoms with van der Waals surface area (Å²) in [5.74, 6) is 0.806. The lowest BCUT2D eigenvalue weighted by molar-refractivity contribution is -0.711. The van der Waals surface area contributed by atoms with Gasteiger partial charge in [-0.25, -0.2) is 4.39 Å². The average molecular weight is 402 g/mol. The van der Waals surface area contributed by atoms with E-state index >= 15 is 0 Å². The van der Waals surface area contributed by atoms with Gasteiger partial charge >= 0.3 is 0 Å². The second-order valence-corrected chi connectivity index (χ2v) is 7.00. The van der Waals surface area contributed by atoms with Gasteiger partial charge in [-0.15, -0.1) is 0 Å². The molecule has 1 aliphatic heterocycles. The fraction of sp³-hybridized carbons (Fsp3) is 0.0909. The van der Waals surface area contributed by atoms with Gasteiger partial charge in [0.1, 0.15) is 10.8 Å². The number of hydrogen-bond donors (Lipinski definition) is 1. The third-order valence-corrected chi connectivity index (χ3v) is 5.24. The summed E-state index contributed by atoms with van der Waals surface area (Å²) in [6, 6.07) is 12.6. The van der Waals surface area contributed by atoms with Crippen LogP contribution in [-0.4, -0.2) is 21.7 Å². The molecular formula is C22H15FN4OS. The number of nitrogens with one attached hydrogen (secondary N) is 1. The first-order valence-electron chi connectivity index (χ1n) is 8.87. The molecule has 0 saturated carbocycles. The summed E-state index contributed by atoms with van der Waals surface area (Å²) in [4.78, 5) is 17.0. The van der Waals surface area contributed by atoms with Gasteiger partial charge in [0.2, 0.25) is 6.04 Å². The van der Waals surface area contributed by atoms with Crippen molar-refractivity contribution in [1.82, 2.24) is 10.3 Å². The van der Waals surface area contributed by atoms with Crippen LogP contribution in [0.4, 0.5) is 4.39 Å². The molecule has 3 aromatic rings. The maximum absolute atomic E-state index is 13.4. The molecule has 2 atom stereocenters. The highest BCUT2D eigenvalue weighted by Crippen LogP contribution is 2.35. The Labute approximate surface area is 172 Å². The number of pyridine rings is 2. The Bertz CT molecular complexity index is 1120. The van der Waals surface area contributed by atoms with E-state index in [2.05, 4.69) is 16.2 Å². The minimum absolute atomic E-state index is 0.108. The van der Waals surface area contributed by atoms with Gasteiger partial charge in [0.15, 0.2) is 12.4 Å². The largest absolute Gasteiger partial charge is 0.763 e. The SMILES string of the molecule is [N-]=C=C1C(=S)NC(=O)[C@@H]([n+]2ccc(-c3ccncc3)cc2)[C@@H]1c1ccc(F)cc1. The van der Waals surface area contributed by atoms with Crippen LogP contribution >= 0.6 is 12.2 Å². The van der Waals surface area contributed by atoms with E-state index in [1.807, 2.05) is 24.3 Å². The molecule has 1 saturated heterocycles. The molecule has 0 spiro atoms. The predicted molar refractivity (Wildman–Crippen MR) is 111 cm³/mol. The van der Waals surface area contributed by atoms with Crippen molar-refractivity contribution in [2.75, 3.05) is 0 Å². The number of benzene rings is 1. The maximum Gasteiger partial charge on any atom is 0.295 e. The average Bonchev–Trinajstić information content (AvgIpc) is 2.75. The van der Waals surface area contributed by atoms with Gasteiger partial charge < -0.3 is 10.7 Å². The standard InChI is InChI=1S/C22H15FN4OS/c23-17-3-1-16(2-4-17)19-18(13-24)22(29)26-21(28)20(19)27-11-7-15(8-12-27)14-5-9-25-10-6-14/h1-12,19-20H,(H,26,28,29)/t19-,20+/m1/s1. The van der Waals surface area contributed by atoms with Crippen LogP contribution in [0.25, 0.3) is 16.5 Å². The molecule has 4 rings (SSSR count). The molecule has 0 unspecified atom stereocenters. The molecule has 0 bridgehead atoms. The Hall–Kier alpha value is -3.54. The van der Waals surface area contributed by atoms with Gasteiger partial charge in [0.25, 0.3) is 5.91 Å². The van der Waals surface area contributed by atoms with Crippen molar-refractivity contribution in [3.8, 4) is 11.1 Å². The Morgan fingerprint density at radius 2 is 1.66 bits per heavy atom. The first-order chi connectivity index (χ1) is 14.1. The number of rotatable bonds is 3. The molecule has 1 amide bonds. The molecule has 29 heavy (non-hydrogen) atoms. The van der Waals surface area contributed by atoms with E-state index in [0.717, 1.165) is 11.1 Å². The molecular weight excluding hydrogens is 387 g/mol. The van der Waals surface area contributed by atoms with E-state index in [1.165, 1.54) is 12.1 Å². The Morgan fingerprint density at radius 1 is 1.03 bits per heavy atom. The summed E-state index contributed by atoms with van der Waals surface area (Å²) in [6.07, 6.45) is 7.01. The van der Waals surface area contributed by atoms with Crippen molar-refractivity contribution in [2.24, 2.45) is 0 Å². The number of aromatic nitrogens is 2. The predicted octanol–water partition coefficient (Wildman–Crippen LogP) is 3.12. The van der Waals surface area contributed by atoms with Crippen molar-refractivity contribution < 1.29 is 13.8 Å². The second kappa shape index (κ2) is 7.83. The Morgan fingerprint density at radius 3 is 2.28 bits per heavy atom. The molecule has 1 aliphatic rings. The van der Waals surface area contributed by atoms with Crippen LogP contribution in [0, 0.1) is 5.82 Å².